The van der Waals surface area contributed by atoms with Gasteiger partial charge in [-0.25, -0.2) is 10.4 Å². The number of nitrogens with one attached hydrogen (secondary N) is 1. The Balaban J connectivity index is 2.58. The number of guanidine groups is 1. The smallest absolute Gasteiger partial charge is 0.269 e. The summed E-state index contributed by atoms with van der Waals surface area (Å²) in [6.07, 6.45) is 3.89. The van der Waals surface area contributed by atoms with Crippen LogP contribution in [0.25, 0.3) is 0 Å². The molecule has 0 atom stereocenters. The molecule has 0 aliphatic rings. The lowest BCUT2D eigenvalue weighted by atomic mass is 10.2. The lowest BCUT2D eigenvalue weighted by Crippen LogP contribution is -2.27. The Labute approximate surface area is 107 Å². The van der Waals surface area contributed by atoms with Crippen LogP contribution in [0.1, 0.15) is 5.56 Å². The third-order valence-electron chi connectivity index (χ3n) is 1.81. The number of nitrogens with zero attached hydrogens (tertiary/aromatic N) is 5. The number of hydrogen-bond donors (Lipinski definition) is 2. The van der Waals surface area contributed by atoms with Gasteiger partial charge in [0.2, 0.25) is 12.2 Å². The molecule has 0 aliphatic carbocycles. The van der Waals surface area contributed by atoms with Crippen molar-refractivity contribution in [3.63, 3.8) is 0 Å². The Morgan fingerprint density at radius 1 is 1.47 bits per heavy atom. The minimum Gasteiger partial charge on any atom is -0.368 e. The molecule has 19 heavy (non-hydrogen) atoms. The molecule has 0 amide bonds. The topological polar surface area (TPSA) is 142 Å². The van der Waals surface area contributed by atoms with Gasteiger partial charge in [0.1, 0.15) is 6.34 Å². The second-order valence-corrected chi connectivity index (χ2v) is 3.08. The number of hydrazone groups is 1. The summed E-state index contributed by atoms with van der Waals surface area (Å²) in [4.78, 5) is 16.7. The average molecular weight is 259 g/mol. The van der Waals surface area contributed by atoms with E-state index in [0.29, 0.717) is 5.56 Å². The molecule has 1 aromatic carbocycles. The quantitative estimate of drug-likeness (QED) is 0.263. The molecule has 1 rings (SSSR count). The molecule has 0 saturated heterocycles. The third kappa shape index (κ3) is 5.05. The Morgan fingerprint density at radius 2 is 2.16 bits per heavy atom. The first-order valence-electron chi connectivity index (χ1n) is 4.91. The molecule has 3 N–H and O–H groups in total. The van der Waals surface area contributed by atoms with Gasteiger partial charge >= 0.3 is 0 Å². The highest BCUT2D eigenvalue weighted by atomic mass is 16.6. The largest absolute Gasteiger partial charge is 0.368 e. The summed E-state index contributed by atoms with van der Waals surface area (Å²) in [7, 11) is 0. The summed E-state index contributed by atoms with van der Waals surface area (Å²) in [5.74, 6) is -0.0443. The van der Waals surface area contributed by atoms with Crippen molar-refractivity contribution >= 4 is 24.2 Å². The molecule has 0 unspecified atom stereocenters. The van der Waals surface area contributed by atoms with E-state index in [-0.39, 0.29) is 11.6 Å². The summed E-state index contributed by atoms with van der Waals surface area (Å²) in [6, 6.07) is 5.79. The van der Waals surface area contributed by atoms with E-state index in [0.717, 1.165) is 6.34 Å². The number of nitrogens with two attached hydrogens (primary N) is 1. The zero-order valence-electron chi connectivity index (χ0n) is 9.59. The van der Waals surface area contributed by atoms with Crippen molar-refractivity contribution in [3.8, 4) is 6.19 Å². The van der Waals surface area contributed by atoms with Crippen LogP contribution in [0.2, 0.25) is 0 Å². The molecular formula is C10H9N7O2. The first kappa shape index (κ1) is 13.8. The second kappa shape index (κ2) is 7.13. The third-order valence-corrected chi connectivity index (χ3v) is 1.81. The highest BCUT2D eigenvalue weighted by Gasteiger charge is 2.02. The minimum absolute atomic E-state index is 0.00102. The van der Waals surface area contributed by atoms with E-state index in [1.54, 1.807) is 0 Å². The highest BCUT2D eigenvalue weighted by Crippen LogP contribution is 2.10. The fourth-order valence-electron chi connectivity index (χ4n) is 1.00. The van der Waals surface area contributed by atoms with Crippen molar-refractivity contribution in [2.24, 2.45) is 20.8 Å². The maximum absolute atomic E-state index is 10.4. The Kier molecular flexibility index (Phi) is 5.17. The van der Waals surface area contributed by atoms with Gasteiger partial charge in [0.15, 0.2) is 0 Å². The van der Waals surface area contributed by atoms with Crippen LogP contribution in [0.15, 0.2) is 39.4 Å². The van der Waals surface area contributed by atoms with Crippen LogP contribution in [0.5, 0.6) is 0 Å². The SMILES string of the molecule is N#CN=CN=C(N)N/N=C/c1ccc([N+](=O)[O-])cc1. The summed E-state index contributed by atoms with van der Waals surface area (Å²) < 4.78 is 0. The Bertz CT molecular complexity index is 569. The van der Waals surface area contributed by atoms with Crippen LogP contribution in [0, 0.1) is 21.6 Å². The maximum Gasteiger partial charge on any atom is 0.269 e. The van der Waals surface area contributed by atoms with Crippen molar-refractivity contribution < 1.29 is 4.92 Å². The predicted molar refractivity (Wildman–Crippen MR) is 69.6 cm³/mol. The van der Waals surface area contributed by atoms with Gasteiger partial charge in [0.05, 0.1) is 11.1 Å². The van der Waals surface area contributed by atoms with E-state index in [4.69, 9.17) is 11.0 Å². The van der Waals surface area contributed by atoms with Crippen LogP contribution in [-0.2, 0) is 0 Å². The number of non-ortho nitro benzene ring substituents is 1. The molecule has 0 aliphatic heterocycles. The number of hydrogen-bond acceptors (Lipinski definition) is 5. The number of benzene rings is 1. The fraction of sp³-hybridized carbons (Fsp3) is 0. The minimum atomic E-state index is -0.488. The van der Waals surface area contributed by atoms with Crippen LogP contribution in [0.3, 0.4) is 0 Å². The lowest BCUT2D eigenvalue weighted by Gasteiger charge is -1.96. The molecule has 0 heterocycles. The zero-order valence-corrected chi connectivity index (χ0v) is 9.59. The Morgan fingerprint density at radius 3 is 2.74 bits per heavy atom. The normalized spacial score (nSPS) is 11.6. The van der Waals surface area contributed by atoms with E-state index >= 15 is 0 Å². The highest BCUT2D eigenvalue weighted by molar-refractivity contribution is 5.87. The van der Waals surface area contributed by atoms with E-state index < -0.39 is 4.92 Å². The second-order valence-electron chi connectivity index (χ2n) is 3.08. The molecule has 9 nitrogen and oxygen atoms in total. The molecule has 0 radical (unpaired) electrons. The maximum atomic E-state index is 10.4. The van der Waals surface area contributed by atoms with Crippen LogP contribution in [-0.4, -0.2) is 23.4 Å². The summed E-state index contributed by atoms with van der Waals surface area (Å²) in [6.45, 7) is 0. The molecular weight excluding hydrogens is 250 g/mol. The van der Waals surface area contributed by atoms with E-state index in [9.17, 15) is 10.1 Å². The standard InChI is InChI=1S/C10H9N7O2/c11-6-13-7-14-10(12)16-15-5-8-1-3-9(4-2-8)17(18)19/h1-5,7H,(H3,12,13,14,16)/b15-5+. The molecule has 0 bridgehead atoms. The summed E-state index contributed by atoms with van der Waals surface area (Å²) in [5.41, 5.74) is 8.42. The van der Waals surface area contributed by atoms with Gasteiger partial charge in [0.25, 0.3) is 5.69 Å². The molecule has 0 fully saturated rings. The van der Waals surface area contributed by atoms with Gasteiger partial charge < -0.3 is 5.73 Å². The van der Waals surface area contributed by atoms with E-state index in [1.807, 2.05) is 0 Å². The first-order chi connectivity index (χ1) is 9.13. The number of rotatable bonds is 4. The fourth-order valence-corrected chi connectivity index (χ4v) is 1.00. The Hall–Kier alpha value is -3.28. The van der Waals surface area contributed by atoms with Gasteiger partial charge in [0, 0.05) is 12.1 Å². The number of nitro groups is 1. The summed E-state index contributed by atoms with van der Waals surface area (Å²) >= 11 is 0. The van der Waals surface area contributed by atoms with Crippen LogP contribution in [0.4, 0.5) is 5.69 Å². The van der Waals surface area contributed by atoms with Gasteiger partial charge in [-0.2, -0.15) is 15.4 Å². The number of aliphatic imine (C=N–C) groups is 2. The van der Waals surface area contributed by atoms with E-state index in [2.05, 4.69) is 20.5 Å². The van der Waals surface area contributed by atoms with Gasteiger partial charge in [-0.05, 0) is 17.7 Å². The monoisotopic (exact) mass is 259 g/mol. The van der Waals surface area contributed by atoms with Crippen molar-refractivity contribution in [3.05, 3.63) is 39.9 Å². The van der Waals surface area contributed by atoms with Crippen LogP contribution >= 0.6 is 0 Å². The van der Waals surface area contributed by atoms with Crippen molar-refractivity contribution in [2.75, 3.05) is 0 Å². The van der Waals surface area contributed by atoms with Crippen molar-refractivity contribution in [1.29, 1.82) is 5.26 Å². The first-order valence-corrected chi connectivity index (χ1v) is 4.91. The van der Waals surface area contributed by atoms with Gasteiger partial charge in [-0.15, -0.1) is 0 Å². The summed E-state index contributed by atoms with van der Waals surface area (Å²) in [5, 5.41) is 22.3. The predicted octanol–water partition coefficient (Wildman–Crippen LogP) is 0.342. The zero-order chi connectivity index (χ0) is 14.1. The number of nitro benzene ring substituents is 1. The molecule has 96 valence electrons. The molecule has 1 aromatic rings. The lowest BCUT2D eigenvalue weighted by molar-refractivity contribution is -0.384. The van der Waals surface area contributed by atoms with Gasteiger partial charge in [-0.1, -0.05) is 0 Å². The van der Waals surface area contributed by atoms with E-state index in [1.165, 1.54) is 36.7 Å². The van der Waals surface area contributed by atoms with Crippen molar-refractivity contribution in [2.45, 2.75) is 0 Å². The number of nitriles is 1. The average Bonchev–Trinajstić information content (AvgIpc) is 2.39. The van der Waals surface area contributed by atoms with Gasteiger partial charge in [-0.3, -0.25) is 10.1 Å². The molecule has 0 spiro atoms. The molecule has 0 aromatic heterocycles. The molecule has 0 saturated carbocycles. The molecule has 9 heteroatoms. The van der Waals surface area contributed by atoms with Crippen LogP contribution < -0.4 is 11.2 Å². The van der Waals surface area contributed by atoms with Crippen molar-refractivity contribution in [1.82, 2.24) is 5.43 Å².